The first-order chi connectivity index (χ1) is 12.6. The van der Waals surface area contributed by atoms with Gasteiger partial charge in [0.1, 0.15) is 28.5 Å². The van der Waals surface area contributed by atoms with Crippen molar-refractivity contribution < 1.29 is 9.47 Å². The van der Waals surface area contributed by atoms with Crippen LogP contribution in [-0.2, 0) is 4.74 Å². The van der Waals surface area contributed by atoms with Crippen molar-refractivity contribution in [2.45, 2.75) is 26.9 Å². The highest BCUT2D eigenvalue weighted by atomic mass is 16.5. The molecule has 0 radical (unpaired) electrons. The Bertz CT molecular complexity index is 915. The highest BCUT2D eigenvalue weighted by Crippen LogP contribution is 2.34. The first-order valence-electron chi connectivity index (χ1n) is 8.93. The van der Waals surface area contributed by atoms with Crippen LogP contribution in [0.25, 0.3) is 22.3 Å². The minimum Gasteiger partial charge on any atom is -0.490 e. The Morgan fingerprint density at radius 2 is 2.04 bits per heavy atom. The highest BCUT2D eigenvalue weighted by Gasteiger charge is 2.19. The molecular formula is C19H23N5O2. The number of aromatic nitrogens is 4. The summed E-state index contributed by atoms with van der Waals surface area (Å²) < 4.78 is 11.6. The second kappa shape index (κ2) is 6.92. The van der Waals surface area contributed by atoms with Gasteiger partial charge in [-0.1, -0.05) is 0 Å². The van der Waals surface area contributed by atoms with Crippen molar-refractivity contribution in [2.24, 2.45) is 0 Å². The zero-order chi connectivity index (χ0) is 18.1. The Balaban J connectivity index is 1.90. The lowest BCUT2D eigenvalue weighted by atomic mass is 10.1. The molecule has 7 nitrogen and oxygen atoms in total. The molecule has 7 heteroatoms. The molecule has 0 spiro atoms. The van der Waals surface area contributed by atoms with Gasteiger partial charge in [-0.25, -0.2) is 4.98 Å². The lowest BCUT2D eigenvalue weighted by molar-refractivity contribution is 0.122. The molecule has 3 aromatic heterocycles. The lowest BCUT2D eigenvalue weighted by Crippen LogP contribution is -2.36. The number of nitrogens with zero attached hydrogens (tertiary/aromatic N) is 4. The summed E-state index contributed by atoms with van der Waals surface area (Å²) in [5, 5.41) is 8.29. The van der Waals surface area contributed by atoms with E-state index in [0.29, 0.717) is 13.2 Å². The van der Waals surface area contributed by atoms with E-state index in [1.807, 2.05) is 39.0 Å². The predicted octanol–water partition coefficient (Wildman–Crippen LogP) is 2.95. The van der Waals surface area contributed by atoms with Crippen molar-refractivity contribution >= 4 is 16.7 Å². The second-order valence-electron chi connectivity index (χ2n) is 6.74. The Morgan fingerprint density at radius 3 is 2.73 bits per heavy atom. The van der Waals surface area contributed by atoms with Crippen LogP contribution in [-0.4, -0.2) is 52.6 Å². The third-order valence-corrected chi connectivity index (χ3v) is 4.32. The van der Waals surface area contributed by atoms with E-state index in [4.69, 9.17) is 14.5 Å². The van der Waals surface area contributed by atoms with Crippen LogP contribution in [0.4, 0.5) is 5.82 Å². The molecular weight excluding hydrogens is 330 g/mol. The molecule has 136 valence electrons. The van der Waals surface area contributed by atoms with Gasteiger partial charge in [-0.15, -0.1) is 0 Å². The Hall–Kier alpha value is -2.67. The molecule has 0 aliphatic carbocycles. The predicted molar refractivity (Wildman–Crippen MR) is 101 cm³/mol. The number of hydrogen-bond donors (Lipinski definition) is 1. The van der Waals surface area contributed by atoms with E-state index in [1.54, 1.807) is 6.20 Å². The normalized spacial score (nSPS) is 15.0. The third-order valence-electron chi connectivity index (χ3n) is 4.32. The van der Waals surface area contributed by atoms with Crippen LogP contribution in [0.1, 0.15) is 19.5 Å². The van der Waals surface area contributed by atoms with Gasteiger partial charge in [-0.2, -0.15) is 5.10 Å². The van der Waals surface area contributed by atoms with E-state index in [9.17, 15) is 0 Å². The van der Waals surface area contributed by atoms with E-state index < -0.39 is 0 Å². The number of rotatable bonds is 4. The number of pyridine rings is 2. The Kier molecular flexibility index (Phi) is 4.46. The van der Waals surface area contributed by atoms with Crippen LogP contribution in [0.15, 0.2) is 24.4 Å². The van der Waals surface area contributed by atoms with Crippen molar-refractivity contribution in [3.8, 4) is 17.1 Å². The maximum atomic E-state index is 6.10. The van der Waals surface area contributed by atoms with Crippen LogP contribution >= 0.6 is 0 Å². The number of aromatic amines is 1. The number of morpholine rings is 1. The van der Waals surface area contributed by atoms with Crippen molar-refractivity contribution in [1.29, 1.82) is 0 Å². The maximum Gasteiger partial charge on any atom is 0.133 e. The molecule has 1 aliphatic rings. The summed E-state index contributed by atoms with van der Waals surface area (Å²) in [7, 11) is 0. The molecule has 1 fully saturated rings. The molecule has 3 aromatic rings. The molecule has 0 atom stereocenters. The van der Waals surface area contributed by atoms with Crippen LogP contribution in [0.3, 0.4) is 0 Å². The van der Waals surface area contributed by atoms with Gasteiger partial charge < -0.3 is 14.4 Å². The molecule has 0 unspecified atom stereocenters. The zero-order valence-electron chi connectivity index (χ0n) is 15.3. The fraction of sp³-hybridized carbons (Fsp3) is 0.421. The first kappa shape index (κ1) is 16.8. The van der Waals surface area contributed by atoms with E-state index in [0.717, 1.165) is 52.6 Å². The van der Waals surface area contributed by atoms with Crippen LogP contribution in [0.2, 0.25) is 0 Å². The highest BCUT2D eigenvalue weighted by molar-refractivity contribution is 5.95. The summed E-state index contributed by atoms with van der Waals surface area (Å²) in [6.07, 6.45) is 1.85. The van der Waals surface area contributed by atoms with Gasteiger partial charge in [0.25, 0.3) is 0 Å². The van der Waals surface area contributed by atoms with Crippen LogP contribution in [0.5, 0.6) is 5.75 Å². The smallest absolute Gasteiger partial charge is 0.133 e. The Labute approximate surface area is 152 Å². The number of nitrogens with one attached hydrogen (secondary N) is 1. The number of hydrogen-bond acceptors (Lipinski definition) is 6. The molecule has 4 heterocycles. The lowest BCUT2D eigenvalue weighted by Gasteiger charge is -2.28. The molecule has 1 aliphatic heterocycles. The van der Waals surface area contributed by atoms with Crippen molar-refractivity contribution in [3.63, 3.8) is 0 Å². The third kappa shape index (κ3) is 3.22. The fourth-order valence-electron chi connectivity index (χ4n) is 3.14. The van der Waals surface area contributed by atoms with Gasteiger partial charge in [0.15, 0.2) is 0 Å². The van der Waals surface area contributed by atoms with E-state index in [2.05, 4.69) is 20.1 Å². The van der Waals surface area contributed by atoms with Gasteiger partial charge in [-0.05, 0) is 32.9 Å². The number of ether oxygens (including phenoxy) is 2. The van der Waals surface area contributed by atoms with Gasteiger partial charge >= 0.3 is 0 Å². The van der Waals surface area contributed by atoms with Crippen molar-refractivity contribution in [3.05, 3.63) is 30.1 Å². The fourth-order valence-corrected chi connectivity index (χ4v) is 3.14. The van der Waals surface area contributed by atoms with Gasteiger partial charge in [0.2, 0.25) is 0 Å². The molecule has 0 aromatic carbocycles. The molecule has 1 saturated heterocycles. The zero-order valence-corrected chi connectivity index (χ0v) is 15.3. The van der Waals surface area contributed by atoms with Gasteiger partial charge in [-0.3, -0.25) is 10.1 Å². The summed E-state index contributed by atoms with van der Waals surface area (Å²) in [6, 6.07) is 5.95. The molecule has 26 heavy (non-hydrogen) atoms. The quantitative estimate of drug-likeness (QED) is 0.777. The minimum absolute atomic E-state index is 0.0717. The van der Waals surface area contributed by atoms with Gasteiger partial charge in [0, 0.05) is 36.4 Å². The van der Waals surface area contributed by atoms with Crippen molar-refractivity contribution in [2.75, 3.05) is 31.2 Å². The SMILES string of the molecule is Cc1cc(-c2nccc3c(OC(C)C)cc(N4CCOCC4)nc23)n[nH]1. The topological polar surface area (TPSA) is 76.2 Å². The average molecular weight is 353 g/mol. The van der Waals surface area contributed by atoms with Gasteiger partial charge in [0.05, 0.1) is 19.3 Å². The number of aryl methyl sites for hydroxylation is 1. The molecule has 1 N–H and O–H groups in total. The summed E-state index contributed by atoms with van der Waals surface area (Å²) in [5.41, 5.74) is 3.34. The molecule has 4 rings (SSSR count). The second-order valence-corrected chi connectivity index (χ2v) is 6.74. The summed E-state index contributed by atoms with van der Waals surface area (Å²) in [5.74, 6) is 1.71. The maximum absolute atomic E-state index is 6.10. The van der Waals surface area contributed by atoms with Crippen LogP contribution < -0.4 is 9.64 Å². The largest absolute Gasteiger partial charge is 0.490 e. The summed E-state index contributed by atoms with van der Waals surface area (Å²) >= 11 is 0. The van der Waals surface area contributed by atoms with Crippen LogP contribution in [0, 0.1) is 6.92 Å². The van der Waals surface area contributed by atoms with E-state index >= 15 is 0 Å². The Morgan fingerprint density at radius 1 is 1.23 bits per heavy atom. The summed E-state index contributed by atoms with van der Waals surface area (Å²) in [6.45, 7) is 9.08. The number of anilines is 1. The molecule has 0 bridgehead atoms. The number of fused-ring (bicyclic) bond motifs is 1. The number of H-pyrrole nitrogens is 1. The molecule has 0 amide bonds. The summed E-state index contributed by atoms with van der Waals surface area (Å²) in [4.78, 5) is 11.7. The van der Waals surface area contributed by atoms with E-state index in [-0.39, 0.29) is 6.10 Å². The average Bonchev–Trinajstić information content (AvgIpc) is 3.07. The monoisotopic (exact) mass is 353 g/mol. The minimum atomic E-state index is 0.0717. The first-order valence-corrected chi connectivity index (χ1v) is 8.93. The standard InChI is InChI=1S/C19H23N5O2/c1-12(2)26-16-11-17(24-6-8-25-9-7-24)21-18-14(16)4-5-20-19(18)15-10-13(3)22-23-15/h4-5,10-12H,6-9H2,1-3H3,(H,22,23). The molecule has 0 saturated carbocycles. The van der Waals surface area contributed by atoms with Crippen molar-refractivity contribution in [1.82, 2.24) is 20.2 Å². The van der Waals surface area contributed by atoms with E-state index in [1.165, 1.54) is 0 Å².